The van der Waals surface area contributed by atoms with E-state index in [4.69, 9.17) is 10.5 Å². The largest absolute Gasteiger partial charge is 0.393 e. The Morgan fingerprint density at radius 1 is 1.54 bits per heavy atom. The van der Waals surface area contributed by atoms with Crippen molar-refractivity contribution in [2.45, 2.75) is 44.2 Å². The monoisotopic (exact) mass is 187 g/mol. The van der Waals surface area contributed by atoms with Crippen molar-refractivity contribution in [2.75, 3.05) is 13.7 Å². The molecule has 3 nitrogen and oxygen atoms in total. The number of methoxy groups -OCH3 is 1. The first-order chi connectivity index (χ1) is 6.08. The van der Waals surface area contributed by atoms with Crippen LogP contribution < -0.4 is 5.73 Å². The van der Waals surface area contributed by atoms with Gasteiger partial charge in [0.25, 0.3) is 0 Å². The van der Waals surface area contributed by atoms with Crippen LogP contribution >= 0.6 is 0 Å². The maximum absolute atomic E-state index is 9.37. The zero-order valence-corrected chi connectivity index (χ0v) is 8.62. The summed E-state index contributed by atoms with van der Waals surface area (Å²) in [6, 6.07) is 0. The normalized spacial score (nSPS) is 37.4. The Labute approximate surface area is 80.3 Å². The highest BCUT2D eigenvalue weighted by molar-refractivity contribution is 4.93. The fourth-order valence-corrected chi connectivity index (χ4v) is 2.05. The van der Waals surface area contributed by atoms with E-state index >= 15 is 0 Å². The second-order valence-electron chi connectivity index (χ2n) is 4.32. The van der Waals surface area contributed by atoms with Gasteiger partial charge in [0.15, 0.2) is 0 Å². The SMILES string of the molecule is COCC(C)C1(N)CCC(O)CC1. The van der Waals surface area contributed by atoms with Crippen molar-refractivity contribution in [3.8, 4) is 0 Å². The Morgan fingerprint density at radius 2 is 2.08 bits per heavy atom. The fraction of sp³-hybridized carbons (Fsp3) is 1.00. The molecule has 0 bridgehead atoms. The molecular weight excluding hydrogens is 166 g/mol. The van der Waals surface area contributed by atoms with E-state index in [1.165, 1.54) is 0 Å². The van der Waals surface area contributed by atoms with Crippen LogP contribution in [0, 0.1) is 5.92 Å². The number of aliphatic hydroxyl groups is 1. The van der Waals surface area contributed by atoms with E-state index in [0.29, 0.717) is 12.5 Å². The molecule has 1 fully saturated rings. The minimum atomic E-state index is -0.133. The predicted molar refractivity (Wildman–Crippen MR) is 52.4 cm³/mol. The lowest BCUT2D eigenvalue weighted by molar-refractivity contribution is 0.0496. The van der Waals surface area contributed by atoms with Gasteiger partial charge in [-0.3, -0.25) is 0 Å². The van der Waals surface area contributed by atoms with Gasteiger partial charge >= 0.3 is 0 Å². The first kappa shape index (κ1) is 11.0. The van der Waals surface area contributed by atoms with Crippen molar-refractivity contribution < 1.29 is 9.84 Å². The van der Waals surface area contributed by atoms with Crippen LogP contribution in [0.5, 0.6) is 0 Å². The lowest BCUT2D eigenvalue weighted by Crippen LogP contribution is -2.50. The molecule has 1 aliphatic rings. The van der Waals surface area contributed by atoms with Gasteiger partial charge in [0, 0.05) is 12.6 Å². The van der Waals surface area contributed by atoms with Gasteiger partial charge in [-0.25, -0.2) is 0 Å². The van der Waals surface area contributed by atoms with E-state index in [9.17, 15) is 5.11 Å². The maximum atomic E-state index is 9.37. The zero-order valence-electron chi connectivity index (χ0n) is 8.62. The van der Waals surface area contributed by atoms with Crippen molar-refractivity contribution in [3.05, 3.63) is 0 Å². The highest BCUT2D eigenvalue weighted by Gasteiger charge is 2.35. The molecule has 0 amide bonds. The van der Waals surface area contributed by atoms with Gasteiger partial charge in [-0.2, -0.15) is 0 Å². The van der Waals surface area contributed by atoms with Crippen molar-refractivity contribution in [1.82, 2.24) is 0 Å². The number of aliphatic hydroxyl groups excluding tert-OH is 1. The molecule has 0 aromatic heterocycles. The third kappa shape index (κ3) is 2.66. The summed E-state index contributed by atoms with van der Waals surface area (Å²) in [7, 11) is 1.71. The maximum Gasteiger partial charge on any atom is 0.0541 e. The van der Waals surface area contributed by atoms with Gasteiger partial charge < -0.3 is 15.6 Å². The second-order valence-corrected chi connectivity index (χ2v) is 4.32. The van der Waals surface area contributed by atoms with Crippen LogP contribution in [0.25, 0.3) is 0 Å². The van der Waals surface area contributed by atoms with Crippen molar-refractivity contribution in [1.29, 1.82) is 0 Å². The van der Waals surface area contributed by atoms with Crippen LogP contribution in [-0.2, 0) is 4.74 Å². The number of nitrogens with two attached hydrogens (primary N) is 1. The summed E-state index contributed by atoms with van der Waals surface area (Å²) >= 11 is 0. The zero-order chi connectivity index (χ0) is 9.90. The summed E-state index contributed by atoms with van der Waals surface area (Å²) in [5, 5.41) is 9.37. The molecule has 0 saturated heterocycles. The first-order valence-corrected chi connectivity index (χ1v) is 5.04. The molecule has 78 valence electrons. The summed E-state index contributed by atoms with van der Waals surface area (Å²) in [5.74, 6) is 0.380. The topological polar surface area (TPSA) is 55.5 Å². The minimum Gasteiger partial charge on any atom is -0.393 e. The molecule has 3 N–H and O–H groups in total. The molecular formula is C10H21NO2. The average Bonchev–Trinajstić information content (AvgIpc) is 2.11. The highest BCUT2D eigenvalue weighted by atomic mass is 16.5. The molecule has 0 aromatic rings. The van der Waals surface area contributed by atoms with Gasteiger partial charge in [0.2, 0.25) is 0 Å². The van der Waals surface area contributed by atoms with E-state index in [2.05, 4.69) is 6.92 Å². The molecule has 0 radical (unpaired) electrons. The second kappa shape index (κ2) is 4.40. The van der Waals surface area contributed by atoms with Gasteiger partial charge in [-0.05, 0) is 31.6 Å². The molecule has 1 saturated carbocycles. The molecule has 13 heavy (non-hydrogen) atoms. The summed E-state index contributed by atoms with van der Waals surface area (Å²) in [6.07, 6.45) is 3.37. The molecule has 0 spiro atoms. The van der Waals surface area contributed by atoms with Gasteiger partial charge in [0.05, 0.1) is 12.7 Å². The molecule has 0 aromatic carbocycles. The van der Waals surface area contributed by atoms with Crippen molar-refractivity contribution in [3.63, 3.8) is 0 Å². The summed E-state index contributed by atoms with van der Waals surface area (Å²) in [5.41, 5.74) is 6.14. The van der Waals surface area contributed by atoms with Crippen LogP contribution in [0.4, 0.5) is 0 Å². The molecule has 1 atom stereocenters. The number of hydrogen-bond donors (Lipinski definition) is 2. The van der Waals surface area contributed by atoms with Crippen LogP contribution in [-0.4, -0.2) is 30.5 Å². The molecule has 1 rings (SSSR count). The van der Waals surface area contributed by atoms with Gasteiger partial charge in [-0.15, -0.1) is 0 Å². The van der Waals surface area contributed by atoms with Gasteiger partial charge in [0.1, 0.15) is 0 Å². The summed E-state index contributed by atoms with van der Waals surface area (Å²) in [4.78, 5) is 0. The number of rotatable bonds is 3. The van der Waals surface area contributed by atoms with E-state index < -0.39 is 0 Å². The minimum absolute atomic E-state index is 0.116. The smallest absolute Gasteiger partial charge is 0.0541 e. The van der Waals surface area contributed by atoms with Crippen molar-refractivity contribution in [2.24, 2.45) is 11.7 Å². The molecule has 3 heteroatoms. The first-order valence-electron chi connectivity index (χ1n) is 5.04. The van der Waals surface area contributed by atoms with E-state index in [1.54, 1.807) is 7.11 Å². The lowest BCUT2D eigenvalue weighted by atomic mass is 9.74. The van der Waals surface area contributed by atoms with Crippen LogP contribution in [0.3, 0.4) is 0 Å². The molecule has 0 aliphatic heterocycles. The number of hydrogen-bond acceptors (Lipinski definition) is 3. The quantitative estimate of drug-likeness (QED) is 0.690. The fourth-order valence-electron chi connectivity index (χ4n) is 2.05. The Balaban J connectivity index is 2.46. The lowest BCUT2D eigenvalue weighted by Gasteiger charge is -2.40. The third-order valence-corrected chi connectivity index (χ3v) is 3.28. The predicted octanol–water partition coefficient (Wildman–Crippen LogP) is 0.901. The molecule has 0 heterocycles. The van der Waals surface area contributed by atoms with Crippen LogP contribution in [0.1, 0.15) is 32.6 Å². The Morgan fingerprint density at radius 3 is 2.54 bits per heavy atom. The summed E-state index contributed by atoms with van der Waals surface area (Å²) in [6.45, 7) is 2.84. The van der Waals surface area contributed by atoms with Crippen LogP contribution in [0.2, 0.25) is 0 Å². The van der Waals surface area contributed by atoms with Crippen molar-refractivity contribution >= 4 is 0 Å². The highest BCUT2D eigenvalue weighted by Crippen LogP contribution is 2.32. The Hall–Kier alpha value is -0.120. The van der Waals surface area contributed by atoms with Crippen LogP contribution in [0.15, 0.2) is 0 Å². The third-order valence-electron chi connectivity index (χ3n) is 3.28. The summed E-state index contributed by atoms with van der Waals surface area (Å²) < 4.78 is 5.11. The Bertz CT molecular complexity index is 153. The molecule has 1 aliphatic carbocycles. The van der Waals surface area contributed by atoms with E-state index in [1.807, 2.05) is 0 Å². The average molecular weight is 187 g/mol. The Kier molecular flexibility index (Phi) is 3.71. The van der Waals surface area contributed by atoms with E-state index in [0.717, 1.165) is 25.7 Å². The van der Waals surface area contributed by atoms with Gasteiger partial charge in [-0.1, -0.05) is 6.92 Å². The van der Waals surface area contributed by atoms with E-state index in [-0.39, 0.29) is 11.6 Å². The standard InChI is InChI=1S/C10H21NO2/c1-8(7-13-2)10(11)5-3-9(12)4-6-10/h8-9,12H,3-7,11H2,1-2H3. The molecule has 1 unspecified atom stereocenters. The number of ether oxygens (including phenoxy) is 1.